The molecule has 0 aliphatic carbocycles. The molecule has 2 heteroatoms. The summed E-state index contributed by atoms with van der Waals surface area (Å²) < 4.78 is 0. The molecule has 76 valence electrons. The molecule has 2 nitrogen and oxygen atoms in total. The fourth-order valence-corrected chi connectivity index (χ4v) is 1.61. The van der Waals surface area contributed by atoms with Gasteiger partial charge in [0.15, 0.2) is 0 Å². The predicted molar refractivity (Wildman–Crippen MR) is 56.3 cm³/mol. The summed E-state index contributed by atoms with van der Waals surface area (Å²) in [6.45, 7) is 4.02. The zero-order chi connectivity index (χ0) is 10.6. The molecular weight excluding hydrogens is 176 g/mol. The van der Waals surface area contributed by atoms with E-state index in [0.717, 1.165) is 12.0 Å². The number of rotatable bonds is 4. The van der Waals surface area contributed by atoms with E-state index in [0.29, 0.717) is 0 Å². The molecule has 0 amide bonds. The fraction of sp³-hybridized carbons (Fsp3) is 0.417. The lowest BCUT2D eigenvalue weighted by Gasteiger charge is -2.26. The van der Waals surface area contributed by atoms with E-state index >= 15 is 0 Å². The third kappa shape index (κ3) is 2.34. The Morgan fingerprint density at radius 3 is 2.36 bits per heavy atom. The van der Waals surface area contributed by atoms with Crippen LogP contribution in [0.1, 0.15) is 32.3 Å². The largest absolute Gasteiger partial charge is 0.481 e. The molecule has 1 aromatic carbocycles. The normalized spacial score (nSPS) is 14.7. The van der Waals surface area contributed by atoms with Gasteiger partial charge in [0.25, 0.3) is 0 Å². The number of carboxylic acid groups (broad SMARTS) is 1. The molecule has 1 N–H and O–H groups in total. The molecule has 0 fully saturated rings. The summed E-state index contributed by atoms with van der Waals surface area (Å²) in [6.07, 6.45) is 1.02. The zero-order valence-electron chi connectivity index (χ0n) is 8.66. The highest BCUT2D eigenvalue weighted by atomic mass is 16.4. The summed E-state index contributed by atoms with van der Waals surface area (Å²) in [6, 6.07) is 9.83. The third-order valence-corrected chi connectivity index (χ3v) is 2.79. The Morgan fingerprint density at radius 2 is 1.93 bits per heavy atom. The predicted octanol–water partition coefficient (Wildman–Crippen LogP) is 2.83. The van der Waals surface area contributed by atoms with Gasteiger partial charge in [0.2, 0.25) is 0 Å². The van der Waals surface area contributed by atoms with E-state index in [1.54, 1.807) is 0 Å². The topological polar surface area (TPSA) is 37.3 Å². The van der Waals surface area contributed by atoms with Crippen LogP contribution in [0.25, 0.3) is 0 Å². The first kappa shape index (κ1) is 10.8. The second-order valence-corrected chi connectivity index (χ2v) is 3.85. The molecular formula is C12H16O2. The first-order valence-corrected chi connectivity index (χ1v) is 4.86. The average molecular weight is 192 g/mol. The number of aliphatic carboxylic acids is 1. The van der Waals surface area contributed by atoms with Gasteiger partial charge in [-0.15, -0.1) is 0 Å². The van der Waals surface area contributed by atoms with Crippen molar-refractivity contribution < 1.29 is 9.90 Å². The van der Waals surface area contributed by atoms with Crippen molar-refractivity contribution in [3.8, 4) is 0 Å². The number of benzene rings is 1. The first-order valence-electron chi connectivity index (χ1n) is 4.86. The number of hydrogen-bond acceptors (Lipinski definition) is 1. The first-order chi connectivity index (χ1) is 6.58. The van der Waals surface area contributed by atoms with E-state index in [9.17, 15) is 4.79 Å². The van der Waals surface area contributed by atoms with Gasteiger partial charge < -0.3 is 5.11 Å². The highest BCUT2D eigenvalue weighted by Gasteiger charge is 2.27. The Morgan fingerprint density at radius 1 is 1.36 bits per heavy atom. The van der Waals surface area contributed by atoms with Crippen LogP contribution in [0.3, 0.4) is 0 Å². The molecule has 0 aromatic heterocycles. The van der Waals surface area contributed by atoms with Crippen molar-refractivity contribution >= 4 is 5.97 Å². The van der Waals surface area contributed by atoms with Gasteiger partial charge in [-0.1, -0.05) is 44.2 Å². The second-order valence-electron chi connectivity index (χ2n) is 3.85. The van der Waals surface area contributed by atoms with Crippen molar-refractivity contribution in [3.63, 3.8) is 0 Å². The lowest BCUT2D eigenvalue weighted by molar-refractivity contribution is -0.138. The van der Waals surface area contributed by atoms with Crippen LogP contribution in [0.5, 0.6) is 0 Å². The molecule has 0 saturated heterocycles. The van der Waals surface area contributed by atoms with E-state index < -0.39 is 5.97 Å². The van der Waals surface area contributed by atoms with Gasteiger partial charge in [0.05, 0.1) is 6.42 Å². The lowest BCUT2D eigenvalue weighted by atomic mass is 9.77. The van der Waals surface area contributed by atoms with Crippen LogP contribution in [0.4, 0.5) is 0 Å². The molecule has 0 aliphatic rings. The minimum Gasteiger partial charge on any atom is -0.481 e. The maximum Gasteiger partial charge on any atom is 0.304 e. The Hall–Kier alpha value is -1.31. The molecule has 0 heterocycles. The summed E-state index contributed by atoms with van der Waals surface area (Å²) in [4.78, 5) is 10.7. The second kappa shape index (κ2) is 4.27. The van der Waals surface area contributed by atoms with Gasteiger partial charge in [0.1, 0.15) is 0 Å². The molecule has 14 heavy (non-hydrogen) atoms. The lowest BCUT2D eigenvalue weighted by Crippen LogP contribution is -2.24. The van der Waals surface area contributed by atoms with Crippen molar-refractivity contribution in [2.24, 2.45) is 0 Å². The standard InChI is InChI=1S/C12H16O2/c1-3-12(2,9-11(13)14)10-7-5-4-6-8-10/h4-8H,3,9H2,1-2H3,(H,13,14)/t12-/m0/s1. The molecule has 0 unspecified atom stereocenters. The van der Waals surface area contributed by atoms with Gasteiger partial charge in [-0.05, 0) is 12.0 Å². The fourth-order valence-electron chi connectivity index (χ4n) is 1.61. The Balaban J connectivity index is 2.95. The van der Waals surface area contributed by atoms with E-state index in [-0.39, 0.29) is 11.8 Å². The van der Waals surface area contributed by atoms with E-state index in [4.69, 9.17) is 5.11 Å². The van der Waals surface area contributed by atoms with Crippen LogP contribution in [0, 0.1) is 0 Å². The minimum atomic E-state index is -0.738. The third-order valence-electron chi connectivity index (χ3n) is 2.79. The van der Waals surface area contributed by atoms with Gasteiger partial charge in [0, 0.05) is 5.41 Å². The van der Waals surface area contributed by atoms with E-state index in [1.807, 2.05) is 44.2 Å². The molecule has 0 bridgehead atoms. The summed E-state index contributed by atoms with van der Waals surface area (Å²) in [5.74, 6) is -0.738. The van der Waals surface area contributed by atoms with Crippen LogP contribution in [0.15, 0.2) is 30.3 Å². The van der Waals surface area contributed by atoms with Crippen molar-refractivity contribution in [3.05, 3.63) is 35.9 Å². The quantitative estimate of drug-likeness (QED) is 0.796. The summed E-state index contributed by atoms with van der Waals surface area (Å²) in [5.41, 5.74) is 0.859. The molecule has 0 spiro atoms. The Bertz CT molecular complexity index is 305. The molecule has 1 aromatic rings. The van der Waals surface area contributed by atoms with Crippen LogP contribution >= 0.6 is 0 Å². The van der Waals surface area contributed by atoms with Crippen molar-refractivity contribution in [2.75, 3.05) is 0 Å². The minimum absolute atomic E-state index is 0.188. The maximum atomic E-state index is 10.7. The van der Waals surface area contributed by atoms with Crippen LogP contribution in [-0.2, 0) is 10.2 Å². The highest BCUT2D eigenvalue weighted by molar-refractivity contribution is 5.69. The van der Waals surface area contributed by atoms with Crippen LogP contribution < -0.4 is 0 Å². The highest BCUT2D eigenvalue weighted by Crippen LogP contribution is 2.30. The molecule has 0 aliphatic heterocycles. The smallest absolute Gasteiger partial charge is 0.304 e. The zero-order valence-corrected chi connectivity index (χ0v) is 8.66. The average Bonchev–Trinajstić information content (AvgIpc) is 2.18. The SMILES string of the molecule is CC[C@@](C)(CC(=O)O)c1ccccc1. The molecule has 1 atom stereocenters. The number of hydrogen-bond donors (Lipinski definition) is 1. The summed E-state index contributed by atoms with van der Waals surface area (Å²) in [7, 11) is 0. The Labute approximate surface area is 84.6 Å². The Kier molecular flexibility index (Phi) is 3.28. The van der Waals surface area contributed by atoms with Crippen molar-refractivity contribution in [1.29, 1.82) is 0 Å². The number of carboxylic acids is 1. The van der Waals surface area contributed by atoms with Gasteiger partial charge in [-0.3, -0.25) is 4.79 Å². The van der Waals surface area contributed by atoms with E-state index in [1.165, 1.54) is 0 Å². The van der Waals surface area contributed by atoms with Crippen LogP contribution in [-0.4, -0.2) is 11.1 Å². The molecule has 0 saturated carbocycles. The van der Waals surface area contributed by atoms with Crippen LogP contribution in [0.2, 0.25) is 0 Å². The van der Waals surface area contributed by atoms with Gasteiger partial charge in [-0.25, -0.2) is 0 Å². The monoisotopic (exact) mass is 192 g/mol. The van der Waals surface area contributed by atoms with Gasteiger partial charge in [-0.2, -0.15) is 0 Å². The number of carbonyl (C=O) groups is 1. The molecule has 1 rings (SSSR count). The maximum absolute atomic E-state index is 10.7. The summed E-state index contributed by atoms with van der Waals surface area (Å²) in [5, 5.41) is 8.84. The van der Waals surface area contributed by atoms with Crippen molar-refractivity contribution in [2.45, 2.75) is 32.1 Å². The van der Waals surface area contributed by atoms with Crippen molar-refractivity contribution in [1.82, 2.24) is 0 Å². The van der Waals surface area contributed by atoms with Gasteiger partial charge >= 0.3 is 5.97 Å². The molecule has 0 radical (unpaired) electrons. The van der Waals surface area contributed by atoms with E-state index in [2.05, 4.69) is 0 Å². The summed E-state index contributed by atoms with van der Waals surface area (Å²) >= 11 is 0.